The Morgan fingerprint density at radius 1 is 1.10 bits per heavy atom. The molecule has 110 valence electrons. The Morgan fingerprint density at radius 2 is 1.76 bits per heavy atom. The lowest BCUT2D eigenvalue weighted by molar-refractivity contribution is -0.384. The molecule has 0 spiro atoms. The Morgan fingerprint density at radius 3 is 2.38 bits per heavy atom. The number of nitro groups is 1. The topological polar surface area (TPSA) is 73.6 Å². The molecule has 0 saturated carbocycles. The average Bonchev–Trinajstić information content (AvgIpc) is 2.48. The molecule has 0 radical (unpaired) electrons. The number of ether oxygens (including phenoxy) is 2. The molecule has 0 bridgehead atoms. The standard InChI is InChI=1S/C15H16N2O4/c1-3-16-11-7-6-10-14(15(11)17(18)19)21-13-9-5-4-8-12(13)20-2/h4-10,16H,3H2,1-2H3. The summed E-state index contributed by atoms with van der Waals surface area (Å²) in [6, 6.07) is 11.9. The summed E-state index contributed by atoms with van der Waals surface area (Å²) in [6.45, 7) is 2.45. The van der Waals surface area contributed by atoms with E-state index in [9.17, 15) is 10.1 Å². The van der Waals surface area contributed by atoms with Gasteiger partial charge in [0.25, 0.3) is 0 Å². The molecule has 0 amide bonds. The third kappa shape index (κ3) is 3.22. The number of methoxy groups -OCH3 is 1. The van der Waals surface area contributed by atoms with Gasteiger partial charge in [0.15, 0.2) is 11.5 Å². The number of nitro benzene ring substituents is 1. The van der Waals surface area contributed by atoms with Crippen molar-refractivity contribution in [3.63, 3.8) is 0 Å². The Balaban J connectivity index is 2.44. The maximum atomic E-state index is 11.3. The molecule has 0 heterocycles. The van der Waals surface area contributed by atoms with E-state index in [0.717, 1.165) is 0 Å². The van der Waals surface area contributed by atoms with Gasteiger partial charge in [0.2, 0.25) is 5.75 Å². The highest BCUT2D eigenvalue weighted by Crippen LogP contribution is 2.39. The summed E-state index contributed by atoms with van der Waals surface area (Å²) in [5, 5.41) is 14.3. The van der Waals surface area contributed by atoms with Crippen LogP contribution in [0.4, 0.5) is 11.4 Å². The lowest BCUT2D eigenvalue weighted by atomic mass is 10.2. The fourth-order valence-electron chi connectivity index (χ4n) is 1.95. The minimum absolute atomic E-state index is 0.0924. The summed E-state index contributed by atoms with van der Waals surface area (Å²) in [6.07, 6.45) is 0. The summed E-state index contributed by atoms with van der Waals surface area (Å²) < 4.78 is 10.9. The fraction of sp³-hybridized carbons (Fsp3) is 0.200. The Bertz CT molecular complexity index is 643. The summed E-state index contributed by atoms with van der Waals surface area (Å²) in [4.78, 5) is 10.9. The van der Waals surface area contributed by atoms with E-state index in [2.05, 4.69) is 5.32 Å². The van der Waals surface area contributed by atoms with E-state index >= 15 is 0 Å². The van der Waals surface area contributed by atoms with Gasteiger partial charge in [-0.3, -0.25) is 10.1 Å². The highest BCUT2D eigenvalue weighted by atomic mass is 16.6. The highest BCUT2D eigenvalue weighted by molar-refractivity contribution is 5.69. The summed E-state index contributed by atoms with van der Waals surface area (Å²) in [5.74, 6) is 1.11. The van der Waals surface area contributed by atoms with Crippen LogP contribution in [-0.4, -0.2) is 18.6 Å². The third-order valence-electron chi connectivity index (χ3n) is 2.84. The van der Waals surface area contributed by atoms with Gasteiger partial charge >= 0.3 is 5.69 Å². The van der Waals surface area contributed by atoms with Gasteiger partial charge in [-0.1, -0.05) is 18.2 Å². The maximum Gasteiger partial charge on any atom is 0.334 e. The second-order valence-corrected chi connectivity index (χ2v) is 4.19. The largest absolute Gasteiger partial charge is 0.493 e. The van der Waals surface area contributed by atoms with E-state index in [1.54, 1.807) is 42.5 Å². The van der Waals surface area contributed by atoms with Gasteiger partial charge in [-0.2, -0.15) is 0 Å². The molecule has 0 aliphatic carbocycles. The predicted octanol–water partition coefficient (Wildman–Crippen LogP) is 3.83. The summed E-state index contributed by atoms with van der Waals surface area (Å²) >= 11 is 0. The van der Waals surface area contributed by atoms with Gasteiger partial charge in [-0.05, 0) is 31.2 Å². The van der Waals surface area contributed by atoms with Crippen LogP contribution in [0.15, 0.2) is 42.5 Å². The second kappa shape index (κ2) is 6.60. The number of rotatable bonds is 6. The second-order valence-electron chi connectivity index (χ2n) is 4.19. The quantitative estimate of drug-likeness (QED) is 0.646. The first kappa shape index (κ1) is 14.6. The van der Waals surface area contributed by atoms with Crippen molar-refractivity contribution in [3.05, 3.63) is 52.6 Å². The molecule has 2 rings (SSSR count). The fourth-order valence-corrected chi connectivity index (χ4v) is 1.95. The zero-order valence-corrected chi connectivity index (χ0v) is 11.8. The van der Waals surface area contributed by atoms with E-state index in [0.29, 0.717) is 23.7 Å². The molecule has 0 aliphatic rings. The third-order valence-corrected chi connectivity index (χ3v) is 2.84. The van der Waals surface area contributed by atoms with Crippen LogP contribution >= 0.6 is 0 Å². The normalized spacial score (nSPS) is 10.0. The Kier molecular flexibility index (Phi) is 4.61. The number of para-hydroxylation sites is 3. The van der Waals surface area contributed by atoms with Crippen molar-refractivity contribution in [2.45, 2.75) is 6.92 Å². The van der Waals surface area contributed by atoms with E-state index in [-0.39, 0.29) is 11.4 Å². The van der Waals surface area contributed by atoms with Crippen LogP contribution in [0.2, 0.25) is 0 Å². The molecule has 6 nitrogen and oxygen atoms in total. The van der Waals surface area contributed by atoms with Crippen LogP contribution in [0, 0.1) is 10.1 Å². The number of benzene rings is 2. The monoisotopic (exact) mass is 288 g/mol. The first-order chi connectivity index (χ1) is 10.2. The van der Waals surface area contributed by atoms with Gasteiger partial charge in [0.05, 0.1) is 12.0 Å². The smallest absolute Gasteiger partial charge is 0.334 e. The Labute approximate surface area is 122 Å². The van der Waals surface area contributed by atoms with Crippen LogP contribution in [0.1, 0.15) is 6.92 Å². The van der Waals surface area contributed by atoms with E-state index in [4.69, 9.17) is 9.47 Å². The molecule has 0 aromatic heterocycles. The zero-order valence-electron chi connectivity index (χ0n) is 11.8. The molecule has 0 saturated heterocycles. The van der Waals surface area contributed by atoms with Crippen molar-refractivity contribution in [2.75, 3.05) is 19.0 Å². The van der Waals surface area contributed by atoms with Crippen LogP contribution < -0.4 is 14.8 Å². The van der Waals surface area contributed by atoms with Crippen LogP contribution in [0.25, 0.3) is 0 Å². The molecule has 1 N–H and O–H groups in total. The van der Waals surface area contributed by atoms with Crippen LogP contribution in [-0.2, 0) is 0 Å². The zero-order chi connectivity index (χ0) is 15.2. The Hall–Kier alpha value is -2.76. The van der Waals surface area contributed by atoms with Crippen molar-refractivity contribution < 1.29 is 14.4 Å². The predicted molar refractivity (Wildman–Crippen MR) is 80.3 cm³/mol. The lowest BCUT2D eigenvalue weighted by Gasteiger charge is -2.12. The first-order valence-corrected chi connectivity index (χ1v) is 6.49. The van der Waals surface area contributed by atoms with Gasteiger partial charge in [0, 0.05) is 6.54 Å². The van der Waals surface area contributed by atoms with Gasteiger partial charge in [-0.25, -0.2) is 0 Å². The number of hydrogen-bond acceptors (Lipinski definition) is 5. The van der Waals surface area contributed by atoms with Gasteiger partial charge in [0.1, 0.15) is 5.69 Å². The maximum absolute atomic E-state index is 11.3. The molecule has 2 aromatic rings. The van der Waals surface area contributed by atoms with Crippen molar-refractivity contribution >= 4 is 11.4 Å². The highest BCUT2D eigenvalue weighted by Gasteiger charge is 2.22. The molecule has 6 heteroatoms. The van der Waals surface area contributed by atoms with Crippen molar-refractivity contribution in [1.82, 2.24) is 0 Å². The van der Waals surface area contributed by atoms with Gasteiger partial charge in [-0.15, -0.1) is 0 Å². The number of nitrogens with zero attached hydrogens (tertiary/aromatic N) is 1. The van der Waals surface area contributed by atoms with Crippen molar-refractivity contribution in [3.8, 4) is 17.2 Å². The van der Waals surface area contributed by atoms with E-state index in [1.807, 2.05) is 6.92 Å². The summed E-state index contributed by atoms with van der Waals surface area (Å²) in [7, 11) is 1.52. The van der Waals surface area contributed by atoms with Crippen LogP contribution in [0.3, 0.4) is 0 Å². The van der Waals surface area contributed by atoms with Crippen molar-refractivity contribution in [2.24, 2.45) is 0 Å². The van der Waals surface area contributed by atoms with E-state index in [1.165, 1.54) is 7.11 Å². The van der Waals surface area contributed by atoms with Crippen LogP contribution in [0.5, 0.6) is 17.2 Å². The van der Waals surface area contributed by atoms with E-state index < -0.39 is 4.92 Å². The minimum atomic E-state index is -0.456. The molecule has 0 fully saturated rings. The lowest BCUT2D eigenvalue weighted by Crippen LogP contribution is -2.02. The van der Waals surface area contributed by atoms with Crippen molar-refractivity contribution in [1.29, 1.82) is 0 Å². The molecule has 2 aromatic carbocycles. The number of hydrogen-bond donors (Lipinski definition) is 1. The average molecular weight is 288 g/mol. The molecule has 0 aliphatic heterocycles. The number of nitrogens with one attached hydrogen (secondary N) is 1. The number of anilines is 1. The molecule has 0 atom stereocenters. The minimum Gasteiger partial charge on any atom is -0.493 e. The molecule has 21 heavy (non-hydrogen) atoms. The molecular weight excluding hydrogens is 272 g/mol. The van der Waals surface area contributed by atoms with Gasteiger partial charge < -0.3 is 14.8 Å². The molecule has 0 unspecified atom stereocenters. The molecular formula is C15H16N2O4. The SMILES string of the molecule is CCNc1cccc(Oc2ccccc2OC)c1[N+](=O)[O-]. The first-order valence-electron chi connectivity index (χ1n) is 6.49. The summed E-state index contributed by atoms with van der Waals surface area (Å²) in [5.41, 5.74) is 0.333.